The van der Waals surface area contributed by atoms with Gasteiger partial charge in [0.05, 0.1) is 5.56 Å². The fourth-order valence-corrected chi connectivity index (χ4v) is 2.82. The van der Waals surface area contributed by atoms with Crippen molar-refractivity contribution in [3.05, 3.63) is 23.0 Å². The Hall–Kier alpha value is -1.25. The van der Waals surface area contributed by atoms with E-state index in [-0.39, 0.29) is 5.91 Å². The Balaban J connectivity index is 2.83. The van der Waals surface area contributed by atoms with E-state index < -0.39 is 0 Å². The Morgan fingerprint density at radius 1 is 1.32 bits per heavy atom. The molecule has 1 aromatic heterocycles. The highest BCUT2D eigenvalue weighted by Crippen LogP contribution is 2.25. The van der Waals surface area contributed by atoms with E-state index in [1.54, 1.807) is 0 Å². The van der Waals surface area contributed by atoms with Gasteiger partial charge in [-0.2, -0.15) is 0 Å². The van der Waals surface area contributed by atoms with Crippen LogP contribution < -0.4 is 5.73 Å². The number of primary amides is 1. The Morgan fingerprint density at radius 2 is 2.00 bits per heavy atom. The Bertz CT molecular complexity index is 421. The van der Waals surface area contributed by atoms with Gasteiger partial charge in [-0.05, 0) is 32.8 Å². The van der Waals surface area contributed by atoms with E-state index >= 15 is 0 Å². The van der Waals surface area contributed by atoms with Crippen LogP contribution in [0.15, 0.2) is 6.07 Å². The highest BCUT2D eigenvalue weighted by Gasteiger charge is 2.17. The summed E-state index contributed by atoms with van der Waals surface area (Å²) in [5.74, 6) is -0.316. The van der Waals surface area contributed by atoms with Crippen molar-refractivity contribution in [2.45, 2.75) is 72.3 Å². The minimum atomic E-state index is -0.316. The highest BCUT2D eigenvalue weighted by atomic mass is 16.1. The summed E-state index contributed by atoms with van der Waals surface area (Å²) in [5, 5.41) is 0. The molecule has 1 amide bonds. The first kappa shape index (κ1) is 15.8. The summed E-state index contributed by atoms with van der Waals surface area (Å²) in [4.78, 5) is 11.4. The molecule has 0 bridgehead atoms. The Morgan fingerprint density at radius 3 is 2.53 bits per heavy atom. The number of rotatable bonds is 8. The van der Waals surface area contributed by atoms with E-state index in [0.717, 1.165) is 12.1 Å². The summed E-state index contributed by atoms with van der Waals surface area (Å²) in [6.45, 7) is 8.60. The molecule has 0 spiro atoms. The maximum atomic E-state index is 11.4. The summed E-state index contributed by atoms with van der Waals surface area (Å²) in [5.41, 5.74) is 8.35. The summed E-state index contributed by atoms with van der Waals surface area (Å²) < 4.78 is 2.30. The maximum Gasteiger partial charge on any atom is 0.250 e. The zero-order valence-corrected chi connectivity index (χ0v) is 12.8. The molecule has 1 unspecified atom stereocenters. The molecular weight excluding hydrogens is 236 g/mol. The average Bonchev–Trinajstić information content (AvgIpc) is 2.71. The zero-order chi connectivity index (χ0) is 14.4. The second-order valence-corrected chi connectivity index (χ2v) is 5.42. The fourth-order valence-electron chi connectivity index (χ4n) is 2.82. The molecule has 0 aliphatic rings. The smallest absolute Gasteiger partial charge is 0.250 e. The second-order valence-electron chi connectivity index (χ2n) is 5.42. The van der Waals surface area contributed by atoms with Crippen LogP contribution in [0.4, 0.5) is 0 Å². The lowest BCUT2D eigenvalue weighted by Gasteiger charge is -2.19. The number of aryl methyl sites for hydroxylation is 1. The van der Waals surface area contributed by atoms with Crippen LogP contribution in [0, 0.1) is 6.92 Å². The third kappa shape index (κ3) is 3.85. The van der Waals surface area contributed by atoms with Gasteiger partial charge in [-0.15, -0.1) is 0 Å². The number of nitrogens with zero attached hydrogens (tertiary/aromatic N) is 1. The predicted molar refractivity (Wildman–Crippen MR) is 80.5 cm³/mol. The Kier molecular flexibility index (Phi) is 6.13. The van der Waals surface area contributed by atoms with Crippen LogP contribution in [0.3, 0.4) is 0 Å². The molecule has 108 valence electrons. The lowest BCUT2D eigenvalue weighted by atomic mass is 10.1. The molecule has 0 radical (unpaired) electrons. The molecule has 1 rings (SSSR count). The molecule has 3 nitrogen and oxygen atoms in total. The minimum absolute atomic E-state index is 0.316. The van der Waals surface area contributed by atoms with E-state index in [9.17, 15) is 4.79 Å². The highest BCUT2D eigenvalue weighted by molar-refractivity contribution is 5.94. The lowest BCUT2D eigenvalue weighted by molar-refractivity contribution is 0.0999. The predicted octanol–water partition coefficient (Wildman–Crippen LogP) is 3.99. The monoisotopic (exact) mass is 264 g/mol. The summed E-state index contributed by atoms with van der Waals surface area (Å²) in [7, 11) is 0. The largest absolute Gasteiger partial charge is 0.366 e. The lowest BCUT2D eigenvalue weighted by Crippen LogP contribution is -2.14. The number of carbonyl (C=O) groups excluding carboxylic acids is 1. The van der Waals surface area contributed by atoms with Crippen molar-refractivity contribution in [2.24, 2.45) is 5.73 Å². The van der Waals surface area contributed by atoms with Crippen molar-refractivity contribution >= 4 is 5.91 Å². The van der Waals surface area contributed by atoms with E-state index in [1.807, 2.05) is 13.0 Å². The van der Waals surface area contributed by atoms with E-state index in [1.165, 1.54) is 37.8 Å². The van der Waals surface area contributed by atoms with Gasteiger partial charge in [0.1, 0.15) is 0 Å². The number of nitrogens with two attached hydrogens (primary N) is 1. The molecule has 1 aromatic rings. The first-order chi connectivity index (χ1) is 9.02. The van der Waals surface area contributed by atoms with Crippen LogP contribution in [0.2, 0.25) is 0 Å². The van der Waals surface area contributed by atoms with Gasteiger partial charge in [0, 0.05) is 17.4 Å². The van der Waals surface area contributed by atoms with Gasteiger partial charge in [0.15, 0.2) is 0 Å². The normalized spacial score (nSPS) is 12.6. The van der Waals surface area contributed by atoms with Gasteiger partial charge in [0.25, 0.3) is 5.91 Å². The average molecular weight is 264 g/mol. The molecule has 0 aromatic carbocycles. The number of hydrogen-bond donors (Lipinski definition) is 1. The molecule has 1 heterocycles. The molecule has 19 heavy (non-hydrogen) atoms. The van der Waals surface area contributed by atoms with Gasteiger partial charge in [-0.1, -0.05) is 39.5 Å². The van der Waals surface area contributed by atoms with Gasteiger partial charge in [-0.25, -0.2) is 0 Å². The second kappa shape index (κ2) is 7.37. The number of aromatic nitrogens is 1. The van der Waals surface area contributed by atoms with Crippen molar-refractivity contribution < 1.29 is 4.79 Å². The standard InChI is InChI=1S/C16H28N2O/c1-5-7-8-9-10-12(3)18-13(4)15(16(17)19)11-14(18)6-2/h11-12H,5-10H2,1-4H3,(H2,17,19). The van der Waals surface area contributed by atoms with Gasteiger partial charge < -0.3 is 10.3 Å². The van der Waals surface area contributed by atoms with Crippen molar-refractivity contribution in [1.82, 2.24) is 4.57 Å². The first-order valence-electron chi connectivity index (χ1n) is 7.53. The fraction of sp³-hybridized carbons (Fsp3) is 0.688. The molecule has 1 atom stereocenters. The van der Waals surface area contributed by atoms with Crippen LogP contribution in [-0.2, 0) is 6.42 Å². The molecule has 3 heteroatoms. The summed E-state index contributed by atoms with van der Waals surface area (Å²) in [6, 6.07) is 2.40. The van der Waals surface area contributed by atoms with Crippen LogP contribution in [0.5, 0.6) is 0 Å². The summed E-state index contributed by atoms with van der Waals surface area (Å²) >= 11 is 0. The molecule has 0 aliphatic carbocycles. The van der Waals surface area contributed by atoms with Crippen LogP contribution in [-0.4, -0.2) is 10.5 Å². The number of carbonyl (C=O) groups is 1. The van der Waals surface area contributed by atoms with Crippen molar-refractivity contribution in [2.75, 3.05) is 0 Å². The number of unbranched alkanes of at least 4 members (excludes halogenated alkanes) is 3. The minimum Gasteiger partial charge on any atom is -0.366 e. The third-order valence-corrected chi connectivity index (χ3v) is 3.92. The number of hydrogen-bond acceptors (Lipinski definition) is 1. The molecule has 0 saturated carbocycles. The quantitative estimate of drug-likeness (QED) is 0.709. The SMILES string of the molecule is CCCCCCC(C)n1c(CC)cc(C(N)=O)c1C. The molecule has 0 saturated heterocycles. The van der Waals surface area contributed by atoms with Crippen molar-refractivity contribution in [3.63, 3.8) is 0 Å². The molecule has 0 aliphatic heterocycles. The number of amides is 1. The molecule has 2 N–H and O–H groups in total. The Labute approximate surface area is 117 Å². The zero-order valence-electron chi connectivity index (χ0n) is 12.8. The molecule has 0 fully saturated rings. The van der Waals surface area contributed by atoms with Crippen LogP contribution >= 0.6 is 0 Å². The van der Waals surface area contributed by atoms with Crippen LogP contribution in [0.1, 0.15) is 80.7 Å². The van der Waals surface area contributed by atoms with Crippen LogP contribution in [0.25, 0.3) is 0 Å². The van der Waals surface area contributed by atoms with Crippen molar-refractivity contribution in [3.8, 4) is 0 Å². The summed E-state index contributed by atoms with van der Waals surface area (Å²) in [6.07, 6.45) is 7.23. The van der Waals surface area contributed by atoms with Crippen molar-refractivity contribution in [1.29, 1.82) is 0 Å². The third-order valence-electron chi connectivity index (χ3n) is 3.92. The maximum absolute atomic E-state index is 11.4. The first-order valence-corrected chi connectivity index (χ1v) is 7.53. The topological polar surface area (TPSA) is 48.0 Å². The van der Waals surface area contributed by atoms with Gasteiger partial charge >= 0.3 is 0 Å². The van der Waals surface area contributed by atoms with E-state index in [2.05, 4.69) is 25.3 Å². The van der Waals surface area contributed by atoms with Gasteiger partial charge in [-0.3, -0.25) is 4.79 Å². The molecular formula is C16H28N2O. The van der Waals surface area contributed by atoms with Gasteiger partial charge in [0.2, 0.25) is 0 Å². The van der Waals surface area contributed by atoms with E-state index in [4.69, 9.17) is 5.73 Å². The van der Waals surface area contributed by atoms with E-state index in [0.29, 0.717) is 11.6 Å².